The minimum Gasteiger partial charge on any atom is -0.467 e. The summed E-state index contributed by atoms with van der Waals surface area (Å²) < 4.78 is 10.5. The number of hydrogen-bond acceptors (Lipinski definition) is 8. The summed E-state index contributed by atoms with van der Waals surface area (Å²) in [4.78, 5) is 14.6. The predicted octanol–water partition coefficient (Wildman–Crippen LogP) is 0.495. The summed E-state index contributed by atoms with van der Waals surface area (Å²) in [6, 6.07) is 3.71. The van der Waals surface area contributed by atoms with Gasteiger partial charge in [0.05, 0.1) is 26.0 Å². The number of nitrogens with two attached hydrogens (primary N) is 1. The molecule has 1 fully saturated rings. The SMILES string of the molecule is Nc1nc(NCc2ccco2)nc(N2CCOCC2)n1. The first kappa shape index (κ1) is 12.7. The zero-order chi connectivity index (χ0) is 13.8. The number of morpholine rings is 1. The smallest absolute Gasteiger partial charge is 0.232 e. The molecule has 20 heavy (non-hydrogen) atoms. The van der Waals surface area contributed by atoms with E-state index in [4.69, 9.17) is 14.9 Å². The fourth-order valence-electron chi connectivity index (χ4n) is 1.94. The van der Waals surface area contributed by atoms with Crippen LogP contribution in [-0.4, -0.2) is 41.3 Å². The average molecular weight is 276 g/mol. The van der Waals surface area contributed by atoms with Crippen LogP contribution in [0.3, 0.4) is 0 Å². The van der Waals surface area contributed by atoms with Gasteiger partial charge in [0.15, 0.2) is 0 Å². The zero-order valence-electron chi connectivity index (χ0n) is 11.0. The Kier molecular flexibility index (Phi) is 3.64. The largest absolute Gasteiger partial charge is 0.467 e. The molecule has 3 heterocycles. The molecule has 0 unspecified atom stereocenters. The van der Waals surface area contributed by atoms with Gasteiger partial charge in [-0.25, -0.2) is 0 Å². The Balaban J connectivity index is 1.72. The van der Waals surface area contributed by atoms with Gasteiger partial charge in [-0.2, -0.15) is 15.0 Å². The Morgan fingerprint density at radius 3 is 2.85 bits per heavy atom. The molecule has 2 aromatic heterocycles. The predicted molar refractivity (Wildman–Crippen MR) is 73.3 cm³/mol. The molecule has 3 N–H and O–H groups in total. The molecule has 0 aliphatic carbocycles. The van der Waals surface area contributed by atoms with E-state index in [-0.39, 0.29) is 5.95 Å². The molecule has 0 bridgehead atoms. The first-order valence-electron chi connectivity index (χ1n) is 6.42. The fraction of sp³-hybridized carbons (Fsp3) is 0.417. The lowest BCUT2D eigenvalue weighted by atomic mass is 10.4. The Hall–Kier alpha value is -2.35. The molecule has 0 spiro atoms. The van der Waals surface area contributed by atoms with E-state index in [1.165, 1.54) is 0 Å². The van der Waals surface area contributed by atoms with Gasteiger partial charge in [0.2, 0.25) is 17.8 Å². The summed E-state index contributed by atoms with van der Waals surface area (Å²) in [5.74, 6) is 2.01. The average Bonchev–Trinajstić information content (AvgIpc) is 2.99. The molecular formula is C12H16N6O2. The van der Waals surface area contributed by atoms with Crippen molar-refractivity contribution < 1.29 is 9.15 Å². The second-order valence-corrected chi connectivity index (χ2v) is 4.35. The Morgan fingerprint density at radius 2 is 2.10 bits per heavy atom. The van der Waals surface area contributed by atoms with Crippen molar-refractivity contribution in [3.8, 4) is 0 Å². The molecule has 2 aromatic rings. The summed E-state index contributed by atoms with van der Waals surface area (Å²) in [5.41, 5.74) is 5.73. The quantitative estimate of drug-likeness (QED) is 0.832. The van der Waals surface area contributed by atoms with Gasteiger partial charge in [-0.1, -0.05) is 0 Å². The van der Waals surface area contributed by atoms with Crippen molar-refractivity contribution in [2.45, 2.75) is 6.54 Å². The van der Waals surface area contributed by atoms with Crippen LogP contribution in [0.2, 0.25) is 0 Å². The number of nitrogens with zero attached hydrogens (tertiary/aromatic N) is 4. The maximum atomic E-state index is 5.73. The van der Waals surface area contributed by atoms with Crippen LogP contribution in [-0.2, 0) is 11.3 Å². The van der Waals surface area contributed by atoms with Crippen molar-refractivity contribution in [2.75, 3.05) is 42.3 Å². The number of nitrogen functional groups attached to an aromatic ring is 1. The van der Waals surface area contributed by atoms with E-state index in [1.807, 2.05) is 17.0 Å². The summed E-state index contributed by atoms with van der Waals surface area (Å²) in [6.07, 6.45) is 1.62. The van der Waals surface area contributed by atoms with Crippen molar-refractivity contribution in [2.24, 2.45) is 0 Å². The minimum absolute atomic E-state index is 0.198. The second-order valence-electron chi connectivity index (χ2n) is 4.35. The molecule has 8 heteroatoms. The van der Waals surface area contributed by atoms with E-state index >= 15 is 0 Å². The highest BCUT2D eigenvalue weighted by molar-refractivity contribution is 5.42. The van der Waals surface area contributed by atoms with Gasteiger partial charge < -0.3 is 25.1 Å². The normalized spacial score (nSPS) is 15.3. The maximum absolute atomic E-state index is 5.73. The zero-order valence-corrected chi connectivity index (χ0v) is 11.0. The summed E-state index contributed by atoms with van der Waals surface area (Å²) in [6.45, 7) is 3.34. The Morgan fingerprint density at radius 1 is 1.25 bits per heavy atom. The number of furan rings is 1. The van der Waals surface area contributed by atoms with Crippen LogP contribution in [0, 0.1) is 0 Å². The molecule has 0 saturated carbocycles. The molecular weight excluding hydrogens is 260 g/mol. The van der Waals surface area contributed by atoms with Gasteiger partial charge in [-0.15, -0.1) is 0 Å². The number of ether oxygens (including phenoxy) is 1. The minimum atomic E-state index is 0.198. The third-order valence-corrected chi connectivity index (χ3v) is 2.94. The van der Waals surface area contributed by atoms with Gasteiger partial charge in [0.1, 0.15) is 5.76 Å². The Bertz CT molecular complexity index is 553. The summed E-state index contributed by atoms with van der Waals surface area (Å²) in [7, 11) is 0. The van der Waals surface area contributed by atoms with Crippen molar-refractivity contribution in [1.29, 1.82) is 0 Å². The molecule has 3 rings (SSSR count). The van der Waals surface area contributed by atoms with Crippen molar-refractivity contribution in [3.63, 3.8) is 0 Å². The molecule has 0 amide bonds. The first-order valence-corrected chi connectivity index (χ1v) is 6.42. The molecule has 1 aliphatic heterocycles. The van der Waals surface area contributed by atoms with Crippen LogP contribution in [0.15, 0.2) is 22.8 Å². The number of anilines is 3. The van der Waals surface area contributed by atoms with E-state index in [9.17, 15) is 0 Å². The van der Waals surface area contributed by atoms with Crippen LogP contribution in [0.1, 0.15) is 5.76 Å². The third-order valence-electron chi connectivity index (χ3n) is 2.94. The first-order chi connectivity index (χ1) is 9.81. The highest BCUT2D eigenvalue weighted by atomic mass is 16.5. The number of aromatic nitrogens is 3. The number of rotatable bonds is 4. The highest BCUT2D eigenvalue weighted by Crippen LogP contribution is 2.14. The van der Waals surface area contributed by atoms with Gasteiger partial charge >= 0.3 is 0 Å². The lowest BCUT2D eigenvalue weighted by Gasteiger charge is -2.26. The summed E-state index contributed by atoms with van der Waals surface area (Å²) in [5, 5.41) is 3.07. The Labute approximate surface area is 116 Å². The summed E-state index contributed by atoms with van der Waals surface area (Å²) >= 11 is 0. The van der Waals surface area contributed by atoms with E-state index in [0.717, 1.165) is 18.8 Å². The molecule has 1 aliphatic rings. The van der Waals surface area contributed by atoms with Crippen LogP contribution < -0.4 is 16.0 Å². The third kappa shape index (κ3) is 2.97. The molecule has 106 valence electrons. The molecule has 8 nitrogen and oxygen atoms in total. The van der Waals surface area contributed by atoms with Crippen LogP contribution >= 0.6 is 0 Å². The van der Waals surface area contributed by atoms with Crippen molar-refractivity contribution in [3.05, 3.63) is 24.2 Å². The lowest BCUT2D eigenvalue weighted by molar-refractivity contribution is 0.122. The maximum Gasteiger partial charge on any atom is 0.232 e. The topological polar surface area (TPSA) is 102 Å². The molecule has 0 aromatic carbocycles. The van der Waals surface area contributed by atoms with Crippen molar-refractivity contribution >= 4 is 17.8 Å². The molecule has 0 atom stereocenters. The van der Waals surface area contributed by atoms with Crippen LogP contribution in [0.25, 0.3) is 0 Å². The van der Waals surface area contributed by atoms with E-state index in [1.54, 1.807) is 6.26 Å². The standard InChI is InChI=1S/C12H16N6O2/c13-10-15-11(14-8-9-2-1-5-20-9)17-12(16-10)18-3-6-19-7-4-18/h1-2,5H,3-4,6-8H2,(H3,13,14,15,16,17). The van der Waals surface area contributed by atoms with Gasteiger partial charge in [0.25, 0.3) is 0 Å². The van der Waals surface area contributed by atoms with Gasteiger partial charge in [-0.05, 0) is 12.1 Å². The number of nitrogens with one attached hydrogen (secondary N) is 1. The van der Waals surface area contributed by atoms with Crippen LogP contribution in [0.5, 0.6) is 0 Å². The van der Waals surface area contributed by atoms with E-state index in [0.29, 0.717) is 31.7 Å². The number of hydrogen-bond donors (Lipinski definition) is 2. The van der Waals surface area contributed by atoms with E-state index < -0.39 is 0 Å². The lowest BCUT2D eigenvalue weighted by Crippen LogP contribution is -2.37. The molecule has 0 radical (unpaired) electrons. The van der Waals surface area contributed by atoms with E-state index in [2.05, 4.69) is 20.3 Å². The molecule has 1 saturated heterocycles. The van der Waals surface area contributed by atoms with Crippen LogP contribution in [0.4, 0.5) is 17.8 Å². The van der Waals surface area contributed by atoms with Gasteiger partial charge in [0, 0.05) is 13.1 Å². The fourth-order valence-corrected chi connectivity index (χ4v) is 1.94. The second kappa shape index (κ2) is 5.74. The van der Waals surface area contributed by atoms with Gasteiger partial charge in [-0.3, -0.25) is 0 Å². The highest BCUT2D eigenvalue weighted by Gasteiger charge is 2.15. The monoisotopic (exact) mass is 276 g/mol. The van der Waals surface area contributed by atoms with Crippen molar-refractivity contribution in [1.82, 2.24) is 15.0 Å².